The second-order valence-electron chi connectivity index (χ2n) is 7.95. The maximum atomic E-state index is 13.6. The predicted octanol–water partition coefficient (Wildman–Crippen LogP) is 5.38. The molecule has 0 fully saturated rings. The zero-order chi connectivity index (χ0) is 23.0. The molecule has 0 aromatic heterocycles. The Morgan fingerprint density at radius 3 is 2.55 bits per heavy atom. The van der Waals surface area contributed by atoms with Gasteiger partial charge in [-0.2, -0.15) is 5.10 Å². The third-order valence-corrected chi connectivity index (χ3v) is 6.57. The number of rotatable bonds is 6. The summed E-state index contributed by atoms with van der Waals surface area (Å²) in [6.07, 6.45) is 2.05. The van der Waals surface area contributed by atoms with Crippen molar-refractivity contribution in [2.24, 2.45) is 5.10 Å². The molecular weight excluding hydrogens is 430 g/mol. The highest BCUT2D eigenvalue weighted by Gasteiger charge is 2.22. The minimum atomic E-state index is 0.0712. The Hall–Kier alpha value is -3.25. The van der Waals surface area contributed by atoms with Crippen LogP contribution in [-0.2, 0) is 24.3 Å². The predicted molar refractivity (Wildman–Crippen MR) is 137 cm³/mol. The average Bonchev–Trinajstić information content (AvgIpc) is 2.86. The molecule has 5 nitrogen and oxygen atoms in total. The first-order valence-electron chi connectivity index (χ1n) is 11.2. The maximum absolute atomic E-state index is 13.6. The molecule has 170 valence electrons. The fraction of sp³-hybridized carbons (Fsp3) is 0.259. The van der Waals surface area contributed by atoms with Gasteiger partial charge in [0.15, 0.2) is 0 Å². The minimum Gasteiger partial charge on any atom is -0.497 e. The van der Waals surface area contributed by atoms with Crippen LogP contribution in [0.5, 0.6) is 5.75 Å². The van der Waals surface area contributed by atoms with E-state index in [4.69, 9.17) is 4.74 Å². The molecule has 4 rings (SSSR count). The minimum absolute atomic E-state index is 0.0712. The average molecular weight is 460 g/mol. The van der Waals surface area contributed by atoms with E-state index in [1.807, 2.05) is 47.4 Å². The van der Waals surface area contributed by atoms with Crippen molar-refractivity contribution in [3.8, 4) is 5.75 Å². The van der Waals surface area contributed by atoms with Gasteiger partial charge in [-0.25, -0.2) is 0 Å². The van der Waals surface area contributed by atoms with Gasteiger partial charge >= 0.3 is 0 Å². The van der Waals surface area contributed by atoms with Gasteiger partial charge in [0.25, 0.3) is 0 Å². The number of amides is 1. The number of ether oxygens (including phenoxy) is 1. The van der Waals surface area contributed by atoms with Gasteiger partial charge in [0, 0.05) is 11.3 Å². The summed E-state index contributed by atoms with van der Waals surface area (Å²) in [6, 6.07) is 24.4. The van der Waals surface area contributed by atoms with E-state index < -0.39 is 0 Å². The summed E-state index contributed by atoms with van der Waals surface area (Å²) in [5, 5.41) is 5.42. The van der Waals surface area contributed by atoms with Crippen LogP contribution < -0.4 is 15.1 Å². The van der Waals surface area contributed by atoms with Gasteiger partial charge in [0.2, 0.25) is 5.91 Å². The lowest BCUT2D eigenvalue weighted by molar-refractivity contribution is -0.116. The molecule has 1 amide bonds. The monoisotopic (exact) mass is 459 g/mol. The van der Waals surface area contributed by atoms with Gasteiger partial charge in [0.05, 0.1) is 26.0 Å². The highest BCUT2D eigenvalue weighted by molar-refractivity contribution is 8.15. The Morgan fingerprint density at radius 2 is 1.82 bits per heavy atom. The smallest absolute Gasteiger partial charge is 0.237 e. The van der Waals surface area contributed by atoms with Gasteiger partial charge in [-0.1, -0.05) is 67.6 Å². The molecule has 1 heterocycles. The largest absolute Gasteiger partial charge is 0.497 e. The van der Waals surface area contributed by atoms with Crippen LogP contribution in [0.15, 0.2) is 77.9 Å². The van der Waals surface area contributed by atoms with Crippen molar-refractivity contribution in [1.29, 1.82) is 0 Å². The maximum Gasteiger partial charge on any atom is 0.237 e. The number of methoxy groups -OCH3 is 1. The zero-order valence-corrected chi connectivity index (χ0v) is 19.9. The van der Waals surface area contributed by atoms with Crippen molar-refractivity contribution in [2.75, 3.05) is 17.8 Å². The second-order valence-corrected chi connectivity index (χ2v) is 8.91. The Morgan fingerprint density at radius 1 is 1.03 bits per heavy atom. The summed E-state index contributed by atoms with van der Waals surface area (Å²) in [6.45, 7) is 3.25. The van der Waals surface area contributed by atoms with Gasteiger partial charge < -0.3 is 15.1 Å². The summed E-state index contributed by atoms with van der Waals surface area (Å²) in [5.41, 5.74) is 8.57. The Bertz CT molecular complexity index is 1110. The van der Waals surface area contributed by atoms with E-state index in [1.165, 1.54) is 17.3 Å². The van der Waals surface area contributed by atoms with E-state index >= 15 is 0 Å². The lowest BCUT2D eigenvalue weighted by Gasteiger charge is -2.27. The van der Waals surface area contributed by atoms with Gasteiger partial charge in [-0.15, -0.1) is 0 Å². The van der Waals surface area contributed by atoms with Crippen LogP contribution in [-0.4, -0.2) is 23.8 Å². The number of hydrazone groups is 1. The first-order chi connectivity index (χ1) is 16.2. The van der Waals surface area contributed by atoms with Crippen molar-refractivity contribution in [2.45, 2.75) is 32.9 Å². The molecule has 0 atom stereocenters. The number of benzene rings is 3. The summed E-state index contributed by atoms with van der Waals surface area (Å²) in [4.78, 5) is 15.5. The van der Waals surface area contributed by atoms with Crippen LogP contribution in [0.3, 0.4) is 0 Å². The summed E-state index contributed by atoms with van der Waals surface area (Å²) < 4.78 is 5.27. The third kappa shape index (κ3) is 5.76. The molecule has 0 unspecified atom stereocenters. The van der Waals surface area contributed by atoms with Crippen molar-refractivity contribution in [1.82, 2.24) is 5.43 Å². The first kappa shape index (κ1) is 22.9. The molecular formula is C27H29N3O2S. The number of fused-ring (bicyclic) bond motifs is 1. The molecule has 0 radical (unpaired) electrons. The van der Waals surface area contributed by atoms with E-state index in [2.05, 4.69) is 47.8 Å². The normalized spacial score (nSPS) is 14.2. The number of nitrogens with zero attached hydrogens (tertiary/aromatic N) is 2. The topological polar surface area (TPSA) is 53.9 Å². The fourth-order valence-corrected chi connectivity index (χ4v) is 4.69. The van der Waals surface area contributed by atoms with Crippen molar-refractivity contribution in [3.63, 3.8) is 0 Å². The quantitative estimate of drug-likeness (QED) is 0.538. The standard InChI is InChI=1S/C27H29N3O2S/c1-3-7-20-10-11-23-17-28-29-27(22-12-14-24(32-2)15-13-22)33-19-26(31)30(25(23)16-20)18-21-8-5-4-6-9-21/h4-6,8-16,28H,3,7,17-19H2,1-2H3. The number of hydrogen-bond donors (Lipinski definition) is 1. The van der Waals surface area contributed by atoms with Crippen molar-refractivity contribution in [3.05, 3.63) is 95.1 Å². The van der Waals surface area contributed by atoms with Crippen LogP contribution in [0.1, 0.15) is 35.6 Å². The van der Waals surface area contributed by atoms with Crippen LogP contribution in [0.25, 0.3) is 0 Å². The molecule has 3 aromatic carbocycles. The highest BCUT2D eigenvalue weighted by atomic mass is 32.2. The molecule has 0 saturated heterocycles. The van der Waals surface area contributed by atoms with E-state index in [-0.39, 0.29) is 5.91 Å². The van der Waals surface area contributed by atoms with Crippen LogP contribution >= 0.6 is 11.8 Å². The molecule has 6 heteroatoms. The number of aryl methyl sites for hydroxylation is 1. The molecule has 3 aromatic rings. The van der Waals surface area contributed by atoms with E-state index in [0.29, 0.717) is 18.8 Å². The molecule has 0 saturated carbocycles. The van der Waals surface area contributed by atoms with Crippen LogP contribution in [0, 0.1) is 0 Å². The van der Waals surface area contributed by atoms with Gasteiger partial charge in [-0.3, -0.25) is 4.79 Å². The molecule has 33 heavy (non-hydrogen) atoms. The Balaban J connectivity index is 1.69. The SMILES string of the molecule is CCCc1ccc2c(c1)N(Cc1ccccc1)C(=O)CSC(c1ccc(OC)cc1)=NNC2. The highest BCUT2D eigenvalue weighted by Crippen LogP contribution is 2.28. The Kier molecular flexibility index (Phi) is 7.68. The summed E-state index contributed by atoms with van der Waals surface area (Å²) in [5.74, 6) is 1.16. The van der Waals surface area contributed by atoms with Crippen molar-refractivity contribution >= 4 is 28.4 Å². The molecule has 1 aliphatic rings. The van der Waals surface area contributed by atoms with E-state index in [9.17, 15) is 4.79 Å². The number of carbonyl (C=O) groups is 1. The van der Waals surface area contributed by atoms with Gasteiger partial charge in [-0.05, 0) is 53.4 Å². The number of nitrogens with one attached hydrogen (secondary N) is 1. The molecule has 1 aliphatic heterocycles. The summed E-state index contributed by atoms with van der Waals surface area (Å²) in [7, 11) is 1.65. The molecule has 1 N–H and O–H groups in total. The third-order valence-electron chi connectivity index (χ3n) is 5.58. The lowest BCUT2D eigenvalue weighted by Crippen LogP contribution is -2.34. The number of anilines is 1. The first-order valence-corrected chi connectivity index (χ1v) is 12.2. The van der Waals surface area contributed by atoms with Crippen molar-refractivity contribution < 1.29 is 9.53 Å². The second kappa shape index (κ2) is 11.1. The fourth-order valence-electron chi connectivity index (χ4n) is 3.85. The van der Waals surface area contributed by atoms with E-state index in [1.54, 1.807) is 7.11 Å². The number of hydrogen-bond acceptors (Lipinski definition) is 5. The molecule has 0 spiro atoms. The van der Waals surface area contributed by atoms with Crippen LogP contribution in [0.4, 0.5) is 5.69 Å². The number of carbonyl (C=O) groups excluding carboxylic acids is 1. The molecule has 0 bridgehead atoms. The summed E-state index contributed by atoms with van der Waals surface area (Å²) >= 11 is 1.45. The zero-order valence-electron chi connectivity index (χ0n) is 19.1. The Labute approximate surface area is 199 Å². The van der Waals surface area contributed by atoms with E-state index in [0.717, 1.165) is 46.0 Å². The lowest BCUT2D eigenvalue weighted by atomic mass is 10.0. The number of thioether (sulfide) groups is 1. The van der Waals surface area contributed by atoms with Gasteiger partial charge in [0.1, 0.15) is 10.8 Å². The molecule has 0 aliphatic carbocycles. The van der Waals surface area contributed by atoms with Crippen LogP contribution in [0.2, 0.25) is 0 Å².